The van der Waals surface area contributed by atoms with E-state index in [2.05, 4.69) is 12.6 Å². The van der Waals surface area contributed by atoms with Gasteiger partial charge in [0.05, 0.1) is 19.3 Å². The second-order valence-corrected chi connectivity index (χ2v) is 3.39. The molecule has 12 heavy (non-hydrogen) atoms. The molecule has 0 aliphatic rings. The normalized spacial score (nSPS) is 13.8. The lowest BCUT2D eigenvalue weighted by Crippen LogP contribution is -2.30. The number of nitrogens with zero attached hydrogens (tertiary/aromatic N) is 1. The van der Waals surface area contributed by atoms with Gasteiger partial charge in [0.2, 0.25) is 0 Å². The standard InChI is InChI=1S/C8H19NO2S/c1-8(10)7-9(2)3-4-11-5-6-12/h8,10,12H,3-7H2,1-2H3. The van der Waals surface area contributed by atoms with Crippen LogP contribution in [0.4, 0.5) is 0 Å². The molecule has 1 N–H and O–H groups in total. The molecule has 0 saturated heterocycles. The lowest BCUT2D eigenvalue weighted by atomic mass is 10.4. The van der Waals surface area contributed by atoms with Crippen LogP contribution < -0.4 is 0 Å². The molecule has 0 rings (SSSR count). The molecule has 3 nitrogen and oxygen atoms in total. The van der Waals surface area contributed by atoms with E-state index >= 15 is 0 Å². The zero-order valence-corrected chi connectivity index (χ0v) is 8.76. The van der Waals surface area contributed by atoms with E-state index in [4.69, 9.17) is 9.84 Å². The molecule has 0 aromatic heterocycles. The van der Waals surface area contributed by atoms with Gasteiger partial charge in [-0.05, 0) is 14.0 Å². The second-order valence-electron chi connectivity index (χ2n) is 2.95. The van der Waals surface area contributed by atoms with E-state index in [1.54, 1.807) is 6.92 Å². The van der Waals surface area contributed by atoms with E-state index < -0.39 is 0 Å². The monoisotopic (exact) mass is 193 g/mol. The molecule has 0 heterocycles. The minimum Gasteiger partial charge on any atom is -0.392 e. The van der Waals surface area contributed by atoms with Gasteiger partial charge in [-0.3, -0.25) is 0 Å². The Morgan fingerprint density at radius 2 is 2.17 bits per heavy atom. The summed E-state index contributed by atoms with van der Waals surface area (Å²) in [5, 5.41) is 9.03. The number of aliphatic hydroxyl groups is 1. The predicted molar refractivity (Wildman–Crippen MR) is 53.8 cm³/mol. The zero-order valence-electron chi connectivity index (χ0n) is 7.86. The topological polar surface area (TPSA) is 32.7 Å². The highest BCUT2D eigenvalue weighted by atomic mass is 32.1. The van der Waals surface area contributed by atoms with Gasteiger partial charge in [0.1, 0.15) is 0 Å². The van der Waals surface area contributed by atoms with Crippen molar-refractivity contribution in [2.75, 3.05) is 39.1 Å². The summed E-state index contributed by atoms with van der Waals surface area (Å²) in [5.74, 6) is 0.764. The number of aliphatic hydroxyl groups excluding tert-OH is 1. The van der Waals surface area contributed by atoms with Crippen LogP contribution in [0, 0.1) is 0 Å². The minimum absolute atomic E-state index is 0.264. The van der Waals surface area contributed by atoms with Crippen molar-refractivity contribution in [3.05, 3.63) is 0 Å². The highest BCUT2D eigenvalue weighted by Gasteiger charge is 2.01. The van der Waals surface area contributed by atoms with Gasteiger partial charge in [-0.1, -0.05) is 0 Å². The van der Waals surface area contributed by atoms with Crippen LogP contribution in [-0.4, -0.2) is 55.2 Å². The lowest BCUT2D eigenvalue weighted by molar-refractivity contribution is 0.0968. The van der Waals surface area contributed by atoms with E-state index in [1.165, 1.54) is 0 Å². The van der Waals surface area contributed by atoms with Crippen LogP contribution in [0.1, 0.15) is 6.92 Å². The van der Waals surface area contributed by atoms with Gasteiger partial charge in [0.15, 0.2) is 0 Å². The Kier molecular flexibility index (Phi) is 8.01. The minimum atomic E-state index is -0.264. The summed E-state index contributed by atoms with van der Waals surface area (Å²) < 4.78 is 5.24. The summed E-state index contributed by atoms with van der Waals surface area (Å²) in [4.78, 5) is 2.04. The Hall–Kier alpha value is 0.230. The molecule has 0 bridgehead atoms. The summed E-state index contributed by atoms with van der Waals surface area (Å²) >= 11 is 4.02. The van der Waals surface area contributed by atoms with Crippen molar-refractivity contribution in [1.82, 2.24) is 4.90 Å². The highest BCUT2D eigenvalue weighted by molar-refractivity contribution is 7.80. The number of thiol groups is 1. The van der Waals surface area contributed by atoms with Crippen LogP contribution in [0.5, 0.6) is 0 Å². The van der Waals surface area contributed by atoms with Gasteiger partial charge in [0.25, 0.3) is 0 Å². The third kappa shape index (κ3) is 8.33. The van der Waals surface area contributed by atoms with Crippen molar-refractivity contribution in [2.45, 2.75) is 13.0 Å². The van der Waals surface area contributed by atoms with Crippen LogP contribution in [0.3, 0.4) is 0 Å². The van der Waals surface area contributed by atoms with E-state index in [0.717, 1.165) is 12.3 Å². The number of ether oxygens (including phenoxy) is 1. The van der Waals surface area contributed by atoms with Gasteiger partial charge in [-0.2, -0.15) is 12.6 Å². The molecule has 74 valence electrons. The molecule has 0 saturated carbocycles. The van der Waals surface area contributed by atoms with Crippen LogP contribution >= 0.6 is 12.6 Å². The molecule has 1 atom stereocenters. The second kappa shape index (κ2) is 7.86. The first-order valence-corrected chi connectivity index (χ1v) is 4.85. The molecule has 1 unspecified atom stereocenters. The highest BCUT2D eigenvalue weighted by Crippen LogP contribution is 1.88. The fraction of sp³-hybridized carbons (Fsp3) is 1.00. The van der Waals surface area contributed by atoms with Crippen LogP contribution in [0.25, 0.3) is 0 Å². The number of likely N-dealkylation sites (N-methyl/N-ethyl adjacent to an activating group) is 1. The van der Waals surface area contributed by atoms with E-state index in [9.17, 15) is 0 Å². The SMILES string of the molecule is CC(O)CN(C)CCOCCS. The maximum Gasteiger partial charge on any atom is 0.0638 e. The third-order valence-electron chi connectivity index (χ3n) is 1.43. The molecule has 0 radical (unpaired) electrons. The Balaban J connectivity index is 3.14. The zero-order chi connectivity index (χ0) is 9.40. The molecule has 4 heteroatoms. The molecule has 0 aromatic rings. The van der Waals surface area contributed by atoms with E-state index in [1.807, 2.05) is 11.9 Å². The Morgan fingerprint density at radius 1 is 1.50 bits per heavy atom. The molecule has 0 spiro atoms. The fourth-order valence-electron chi connectivity index (χ4n) is 0.929. The number of rotatable bonds is 7. The number of hydrogen-bond acceptors (Lipinski definition) is 4. The van der Waals surface area contributed by atoms with Crippen LogP contribution in [-0.2, 0) is 4.74 Å². The summed E-state index contributed by atoms with van der Waals surface area (Å²) in [6.45, 7) is 4.75. The Bertz CT molecular complexity index is 101. The summed E-state index contributed by atoms with van der Waals surface area (Å²) in [6, 6.07) is 0. The maximum absolute atomic E-state index is 9.03. The smallest absolute Gasteiger partial charge is 0.0638 e. The molecular formula is C8H19NO2S. The van der Waals surface area contributed by atoms with Gasteiger partial charge in [0, 0.05) is 18.8 Å². The van der Waals surface area contributed by atoms with Gasteiger partial charge in [-0.15, -0.1) is 0 Å². The van der Waals surface area contributed by atoms with E-state index in [0.29, 0.717) is 19.8 Å². The average molecular weight is 193 g/mol. The first-order valence-electron chi connectivity index (χ1n) is 4.22. The third-order valence-corrected chi connectivity index (χ3v) is 1.61. The molecule has 0 aliphatic heterocycles. The molecule has 0 fully saturated rings. The maximum atomic E-state index is 9.03. The first-order chi connectivity index (χ1) is 5.66. The Labute approximate surface area is 80.1 Å². The predicted octanol–water partition coefficient (Wildman–Crippen LogP) is 0.245. The van der Waals surface area contributed by atoms with Crippen LogP contribution in [0.2, 0.25) is 0 Å². The summed E-state index contributed by atoms with van der Waals surface area (Å²) in [6.07, 6.45) is -0.264. The van der Waals surface area contributed by atoms with Crippen molar-refractivity contribution in [3.8, 4) is 0 Å². The summed E-state index contributed by atoms with van der Waals surface area (Å²) in [5.41, 5.74) is 0. The molecule has 0 aromatic carbocycles. The molecule has 0 amide bonds. The summed E-state index contributed by atoms with van der Waals surface area (Å²) in [7, 11) is 1.97. The van der Waals surface area contributed by atoms with Gasteiger partial charge < -0.3 is 14.7 Å². The molecule has 0 aliphatic carbocycles. The van der Waals surface area contributed by atoms with Crippen molar-refractivity contribution >= 4 is 12.6 Å². The van der Waals surface area contributed by atoms with Crippen LogP contribution in [0.15, 0.2) is 0 Å². The average Bonchev–Trinajstić information content (AvgIpc) is 1.97. The largest absolute Gasteiger partial charge is 0.392 e. The van der Waals surface area contributed by atoms with Gasteiger partial charge >= 0.3 is 0 Å². The fourth-order valence-corrected chi connectivity index (χ4v) is 1.06. The quantitative estimate of drug-likeness (QED) is 0.449. The van der Waals surface area contributed by atoms with Crippen molar-refractivity contribution in [3.63, 3.8) is 0 Å². The Morgan fingerprint density at radius 3 is 2.67 bits per heavy atom. The van der Waals surface area contributed by atoms with Crippen molar-refractivity contribution < 1.29 is 9.84 Å². The van der Waals surface area contributed by atoms with E-state index in [-0.39, 0.29) is 6.10 Å². The van der Waals surface area contributed by atoms with Crippen molar-refractivity contribution in [1.29, 1.82) is 0 Å². The number of hydrogen-bond donors (Lipinski definition) is 2. The van der Waals surface area contributed by atoms with Gasteiger partial charge in [-0.25, -0.2) is 0 Å². The van der Waals surface area contributed by atoms with Crippen molar-refractivity contribution in [2.24, 2.45) is 0 Å². The molecular weight excluding hydrogens is 174 g/mol. The lowest BCUT2D eigenvalue weighted by Gasteiger charge is -2.17. The first kappa shape index (κ1) is 12.2.